The maximum absolute atomic E-state index is 15.5. The van der Waals surface area contributed by atoms with Gasteiger partial charge in [-0.25, -0.2) is 9.88 Å². The first-order valence-electron chi connectivity index (χ1n) is 18.0. The molecule has 4 aromatic rings. The summed E-state index contributed by atoms with van der Waals surface area (Å²) in [5, 5.41) is 11.9. The first kappa shape index (κ1) is 39.5. The summed E-state index contributed by atoms with van der Waals surface area (Å²) < 4.78 is 51.7. The third-order valence-corrected chi connectivity index (χ3v) is 12.8. The number of anilines is 2. The van der Waals surface area contributed by atoms with Crippen LogP contribution < -0.4 is 19.8 Å². The summed E-state index contributed by atoms with van der Waals surface area (Å²) in [6.45, 7) is 1.79. The molecule has 2 N–H and O–H groups in total. The first-order valence-corrected chi connectivity index (χ1v) is 19.1. The molecule has 2 saturated heterocycles. The minimum atomic E-state index is -4.77. The van der Waals surface area contributed by atoms with Crippen LogP contribution in [0.1, 0.15) is 41.0 Å². The van der Waals surface area contributed by atoms with Gasteiger partial charge in [-0.05, 0) is 84.8 Å². The molecule has 1 aromatic heterocycles. The van der Waals surface area contributed by atoms with Gasteiger partial charge in [0, 0.05) is 22.2 Å². The van der Waals surface area contributed by atoms with Crippen molar-refractivity contribution in [2.24, 2.45) is 23.7 Å². The molecular weight excluding hydrogens is 824 g/mol. The molecular formula is C41H32Cl3F3N4O7. The number of aromatic nitrogens is 1. The van der Waals surface area contributed by atoms with E-state index in [-0.39, 0.29) is 30.1 Å². The van der Waals surface area contributed by atoms with Gasteiger partial charge in [0.2, 0.25) is 17.6 Å². The largest absolute Gasteiger partial charge is 0.502 e. The molecule has 4 amide bonds. The molecule has 1 saturated carbocycles. The van der Waals surface area contributed by atoms with Crippen LogP contribution in [0.5, 0.6) is 17.2 Å². The number of aromatic hydroxyl groups is 1. The number of benzene rings is 3. The lowest BCUT2D eigenvalue weighted by atomic mass is 9.49. The number of hydrogen-bond acceptors (Lipinski definition) is 9. The Kier molecular flexibility index (Phi) is 9.68. The van der Waals surface area contributed by atoms with Gasteiger partial charge in [0.25, 0.3) is 11.8 Å². The fourth-order valence-electron chi connectivity index (χ4n) is 9.21. The van der Waals surface area contributed by atoms with Gasteiger partial charge < -0.3 is 14.6 Å². The highest BCUT2D eigenvalue weighted by molar-refractivity contribution is 6.33. The normalized spacial score (nSPS) is 25.3. The number of hydrazine groups is 1. The molecule has 2 aliphatic carbocycles. The maximum atomic E-state index is 15.5. The summed E-state index contributed by atoms with van der Waals surface area (Å²) >= 11 is 19.1. The number of carbonyl (C=O) groups is 4. The minimum absolute atomic E-state index is 0.0180. The van der Waals surface area contributed by atoms with Crippen LogP contribution in [0, 0.1) is 30.6 Å². The Balaban J connectivity index is 1.34. The number of hydrogen-bond donors (Lipinski definition) is 2. The number of rotatable bonds is 7. The van der Waals surface area contributed by atoms with Crippen LogP contribution in [0.3, 0.4) is 0 Å². The van der Waals surface area contributed by atoms with Gasteiger partial charge in [-0.2, -0.15) is 18.2 Å². The number of aryl methyl sites for hydroxylation is 1. The zero-order chi connectivity index (χ0) is 41.6. The summed E-state index contributed by atoms with van der Waals surface area (Å²) in [7, 11) is 2.66. The Morgan fingerprint density at radius 3 is 2.16 bits per heavy atom. The molecule has 6 atom stereocenters. The van der Waals surface area contributed by atoms with E-state index in [1.165, 1.54) is 26.4 Å². The van der Waals surface area contributed by atoms with Crippen LogP contribution in [0.4, 0.5) is 24.7 Å². The number of methoxy groups -OCH3 is 2. The predicted octanol–water partition coefficient (Wildman–Crippen LogP) is 8.28. The zero-order valence-electron chi connectivity index (χ0n) is 30.7. The number of nitrogens with one attached hydrogen (secondary N) is 1. The van der Waals surface area contributed by atoms with Gasteiger partial charge in [0.05, 0.1) is 53.7 Å². The second-order valence-electron chi connectivity index (χ2n) is 14.6. The molecule has 300 valence electrons. The van der Waals surface area contributed by atoms with E-state index in [1.54, 1.807) is 49.4 Å². The van der Waals surface area contributed by atoms with Crippen molar-refractivity contribution in [3.05, 3.63) is 116 Å². The van der Waals surface area contributed by atoms with Crippen molar-refractivity contribution in [2.45, 2.75) is 37.3 Å². The Morgan fingerprint density at radius 1 is 0.879 bits per heavy atom. The Labute approximate surface area is 344 Å². The summed E-state index contributed by atoms with van der Waals surface area (Å²) in [5.41, 5.74) is 1.94. The number of carbonyl (C=O) groups excluding carboxylic acids is 4. The molecule has 8 rings (SSSR count). The third kappa shape index (κ3) is 5.90. The number of allylic oxidation sites excluding steroid dienone is 2. The first-order chi connectivity index (χ1) is 27.5. The molecule has 0 spiro atoms. The van der Waals surface area contributed by atoms with Gasteiger partial charge in [-0.1, -0.05) is 64.7 Å². The van der Waals surface area contributed by atoms with E-state index < -0.39 is 81.2 Å². The van der Waals surface area contributed by atoms with E-state index in [2.05, 4.69) is 10.4 Å². The summed E-state index contributed by atoms with van der Waals surface area (Å²) in [5.74, 6) is -8.23. The fourth-order valence-corrected chi connectivity index (χ4v) is 9.72. The second kappa shape index (κ2) is 14.2. The molecule has 4 aliphatic rings. The molecule has 3 fully saturated rings. The van der Waals surface area contributed by atoms with Gasteiger partial charge in [-0.15, -0.1) is 0 Å². The molecule has 3 heterocycles. The van der Waals surface area contributed by atoms with Crippen LogP contribution >= 0.6 is 34.8 Å². The predicted molar refractivity (Wildman–Crippen MR) is 207 cm³/mol. The quantitative estimate of drug-likeness (QED) is 0.139. The van der Waals surface area contributed by atoms with Crippen molar-refractivity contribution < 1.29 is 46.9 Å². The van der Waals surface area contributed by atoms with Gasteiger partial charge in [-0.3, -0.25) is 24.6 Å². The average Bonchev–Trinajstić information content (AvgIpc) is 3.57. The maximum Gasteiger partial charge on any atom is 0.417 e. The lowest BCUT2D eigenvalue weighted by molar-refractivity contribution is -0.139. The molecule has 3 aromatic carbocycles. The van der Waals surface area contributed by atoms with E-state index in [9.17, 15) is 32.7 Å². The SMILES string of the molecule is COc1cc([C@H]2C3=CC[C@@H]4C(=O)N(c5ccc(C)c(Cl)c5)C(=O)[C@@H]4[C@@H]3C[C@H]3C(=O)N(Nc4ncc(C(F)(F)F)cc4Cl)C(=O)[C@@]23c2ccc(Cl)cc2)cc(OC)c1O. The Hall–Kier alpha value is -5.31. The smallest absolute Gasteiger partial charge is 0.417 e. The van der Waals surface area contributed by atoms with E-state index in [0.717, 1.165) is 10.5 Å². The number of pyridine rings is 1. The topological polar surface area (TPSA) is 138 Å². The molecule has 0 radical (unpaired) electrons. The number of alkyl halides is 3. The number of phenolic OH excluding ortho intramolecular Hbond substituents is 1. The van der Waals surface area contributed by atoms with Gasteiger partial charge >= 0.3 is 6.18 Å². The summed E-state index contributed by atoms with van der Waals surface area (Å²) in [4.78, 5) is 64.1. The van der Waals surface area contributed by atoms with Gasteiger partial charge in [0.1, 0.15) is 0 Å². The number of phenols is 1. The monoisotopic (exact) mass is 854 g/mol. The average molecular weight is 856 g/mol. The van der Waals surface area contributed by atoms with Crippen molar-refractivity contribution in [3.63, 3.8) is 0 Å². The highest BCUT2D eigenvalue weighted by Gasteiger charge is 2.70. The van der Waals surface area contributed by atoms with Crippen LogP contribution in [0.15, 0.2) is 78.5 Å². The molecule has 2 aliphatic heterocycles. The van der Waals surface area contributed by atoms with E-state index >= 15 is 4.79 Å². The summed E-state index contributed by atoms with van der Waals surface area (Å²) in [6.07, 6.45) is -2.42. The number of fused-ring (bicyclic) bond motifs is 4. The van der Waals surface area contributed by atoms with E-state index in [0.29, 0.717) is 49.7 Å². The van der Waals surface area contributed by atoms with Crippen LogP contribution in [0.2, 0.25) is 15.1 Å². The van der Waals surface area contributed by atoms with E-state index in [1.807, 2.05) is 6.08 Å². The molecule has 0 unspecified atom stereocenters. The van der Waals surface area contributed by atoms with Crippen LogP contribution in [-0.2, 0) is 30.8 Å². The van der Waals surface area contributed by atoms with Crippen molar-refractivity contribution in [1.29, 1.82) is 0 Å². The van der Waals surface area contributed by atoms with Gasteiger partial charge in [0.15, 0.2) is 17.3 Å². The molecule has 58 heavy (non-hydrogen) atoms. The standard InChI is InChI=1S/C41H32Cl3F3N4O7/c1-18-4-9-23(15-28(18)43)50-36(53)25-11-10-24-26(32(25)38(50)55)16-27-37(54)51(49-35-29(44)14-21(17-48-35)41(45,46)47)39(56)40(27,20-5-7-22(42)8-6-20)33(24)19-12-30(57-2)34(52)31(13-19)58-3/h4-10,12-15,17,25-27,32-33,52H,11,16H2,1-3H3,(H,48,49)/t25-,26+,27-,32-,33-,40+/m0/s1. The van der Waals surface area contributed by atoms with Crippen molar-refractivity contribution >= 4 is 69.9 Å². The lowest BCUT2D eigenvalue weighted by Gasteiger charge is -2.50. The molecule has 11 nitrogen and oxygen atoms in total. The number of imide groups is 2. The summed E-state index contributed by atoms with van der Waals surface area (Å²) in [6, 6.07) is 14.9. The Bertz CT molecular complexity index is 2440. The number of nitrogens with zero attached hydrogens (tertiary/aromatic N) is 3. The Morgan fingerprint density at radius 2 is 1.55 bits per heavy atom. The number of halogens is 6. The van der Waals surface area contributed by atoms with Crippen molar-refractivity contribution in [1.82, 2.24) is 9.99 Å². The number of ether oxygens (including phenoxy) is 2. The molecule has 17 heteroatoms. The van der Waals surface area contributed by atoms with Crippen molar-refractivity contribution in [3.8, 4) is 17.2 Å². The van der Waals surface area contributed by atoms with Crippen LogP contribution in [-0.4, -0.2) is 52.9 Å². The number of amides is 4. The minimum Gasteiger partial charge on any atom is -0.502 e. The molecule has 0 bridgehead atoms. The van der Waals surface area contributed by atoms with Crippen molar-refractivity contribution in [2.75, 3.05) is 24.5 Å². The third-order valence-electron chi connectivity index (χ3n) is 11.8. The highest BCUT2D eigenvalue weighted by Crippen LogP contribution is 2.65. The zero-order valence-corrected chi connectivity index (χ0v) is 33.0. The van der Waals surface area contributed by atoms with E-state index in [4.69, 9.17) is 44.3 Å². The van der Waals surface area contributed by atoms with Crippen LogP contribution in [0.25, 0.3) is 0 Å². The fraction of sp³-hybridized carbons (Fsp3) is 0.293. The lowest BCUT2D eigenvalue weighted by Crippen LogP contribution is -2.53. The highest BCUT2D eigenvalue weighted by atomic mass is 35.5. The second-order valence-corrected chi connectivity index (χ2v) is 15.9.